The summed E-state index contributed by atoms with van der Waals surface area (Å²) in [6.45, 7) is 8.33. The van der Waals surface area contributed by atoms with Crippen molar-refractivity contribution in [3.05, 3.63) is 64.7 Å². The molecule has 2 aliphatic heterocycles. The summed E-state index contributed by atoms with van der Waals surface area (Å²) >= 11 is 6.05. The van der Waals surface area contributed by atoms with E-state index in [0.717, 1.165) is 37.1 Å². The summed E-state index contributed by atoms with van der Waals surface area (Å²) in [6.07, 6.45) is 3.81. The van der Waals surface area contributed by atoms with E-state index >= 15 is 0 Å². The normalized spacial score (nSPS) is 24.1. The van der Waals surface area contributed by atoms with Crippen molar-refractivity contribution in [2.75, 3.05) is 26.2 Å². The van der Waals surface area contributed by atoms with E-state index in [-0.39, 0.29) is 17.8 Å². The maximum Gasteiger partial charge on any atom is 0.230 e. The Morgan fingerprint density at radius 3 is 2.70 bits per heavy atom. The number of piperidine rings is 2. The van der Waals surface area contributed by atoms with E-state index in [4.69, 9.17) is 16.3 Å². The molecule has 0 aliphatic carbocycles. The maximum atomic E-state index is 13.9. The molecule has 0 bridgehead atoms. The first-order chi connectivity index (χ1) is 15.8. The van der Waals surface area contributed by atoms with Crippen LogP contribution in [0, 0.1) is 17.2 Å². The average molecular weight is 474 g/mol. The number of rotatable bonds is 7. The second kappa shape index (κ2) is 10.5. The number of aromatic nitrogens is 1. The van der Waals surface area contributed by atoms with Gasteiger partial charge >= 0.3 is 0 Å². The van der Waals surface area contributed by atoms with Gasteiger partial charge in [-0.2, -0.15) is 0 Å². The third-order valence-corrected chi connectivity index (χ3v) is 6.82. The SMILES string of the molecule is CC(C)CO[C@@H]1CN(Cc2ccc(Cl)cc2)C(=O)[C@]2(CCCN(Cc3ccc(F)cn3)C2)C1. The lowest BCUT2D eigenvalue weighted by molar-refractivity contribution is -0.162. The predicted octanol–water partition coefficient (Wildman–Crippen LogP) is 4.93. The van der Waals surface area contributed by atoms with Crippen LogP contribution in [0.5, 0.6) is 0 Å². The zero-order valence-electron chi connectivity index (χ0n) is 19.5. The Kier molecular flexibility index (Phi) is 7.67. The van der Waals surface area contributed by atoms with Crippen molar-refractivity contribution in [2.45, 2.75) is 52.3 Å². The van der Waals surface area contributed by atoms with Gasteiger partial charge in [0.15, 0.2) is 0 Å². The molecule has 4 rings (SSSR count). The van der Waals surface area contributed by atoms with Gasteiger partial charge < -0.3 is 9.64 Å². The molecule has 2 aliphatic rings. The number of hydrogen-bond donors (Lipinski definition) is 0. The van der Waals surface area contributed by atoms with Crippen LogP contribution < -0.4 is 0 Å². The van der Waals surface area contributed by atoms with Gasteiger partial charge in [-0.3, -0.25) is 14.7 Å². The van der Waals surface area contributed by atoms with E-state index < -0.39 is 5.41 Å². The molecule has 2 aromatic rings. The minimum Gasteiger partial charge on any atom is -0.376 e. The molecule has 0 radical (unpaired) electrons. The van der Waals surface area contributed by atoms with Gasteiger partial charge in [0.1, 0.15) is 5.82 Å². The molecule has 2 fully saturated rings. The minimum absolute atomic E-state index is 0.0151. The van der Waals surface area contributed by atoms with Crippen molar-refractivity contribution in [1.29, 1.82) is 0 Å². The molecule has 1 aromatic carbocycles. The lowest BCUT2D eigenvalue weighted by Gasteiger charge is -2.49. The molecular weight excluding hydrogens is 441 g/mol. The van der Waals surface area contributed by atoms with Crippen LogP contribution in [0.15, 0.2) is 42.6 Å². The summed E-state index contributed by atoms with van der Waals surface area (Å²) in [5, 5.41) is 0.690. The molecule has 1 amide bonds. The fraction of sp³-hybridized carbons (Fsp3) is 0.538. The molecule has 0 unspecified atom stereocenters. The highest BCUT2D eigenvalue weighted by Gasteiger charge is 2.49. The van der Waals surface area contributed by atoms with E-state index in [1.54, 1.807) is 6.07 Å². The molecule has 2 atom stereocenters. The summed E-state index contributed by atoms with van der Waals surface area (Å²) < 4.78 is 19.6. The van der Waals surface area contributed by atoms with Crippen LogP contribution >= 0.6 is 11.6 Å². The monoisotopic (exact) mass is 473 g/mol. The van der Waals surface area contributed by atoms with Crippen LogP contribution in [-0.4, -0.2) is 53.0 Å². The third kappa shape index (κ3) is 6.11. The van der Waals surface area contributed by atoms with Crippen LogP contribution in [0.4, 0.5) is 4.39 Å². The van der Waals surface area contributed by atoms with Crippen LogP contribution in [0.3, 0.4) is 0 Å². The van der Waals surface area contributed by atoms with Gasteiger partial charge in [-0.05, 0) is 61.6 Å². The summed E-state index contributed by atoms with van der Waals surface area (Å²) in [5.74, 6) is 0.314. The van der Waals surface area contributed by atoms with E-state index in [2.05, 4.69) is 23.7 Å². The molecule has 178 valence electrons. The van der Waals surface area contributed by atoms with Crippen molar-refractivity contribution in [3.63, 3.8) is 0 Å². The van der Waals surface area contributed by atoms with E-state index in [9.17, 15) is 9.18 Å². The third-order valence-electron chi connectivity index (χ3n) is 6.57. The molecule has 5 nitrogen and oxygen atoms in total. The average Bonchev–Trinajstić information content (AvgIpc) is 2.79. The zero-order valence-corrected chi connectivity index (χ0v) is 20.2. The second-order valence-electron chi connectivity index (χ2n) is 9.93. The van der Waals surface area contributed by atoms with Gasteiger partial charge in [0.25, 0.3) is 0 Å². The van der Waals surface area contributed by atoms with Gasteiger partial charge in [0.2, 0.25) is 5.91 Å². The number of likely N-dealkylation sites (tertiary alicyclic amines) is 2. The predicted molar refractivity (Wildman–Crippen MR) is 127 cm³/mol. The number of pyridine rings is 1. The Morgan fingerprint density at radius 2 is 2.00 bits per heavy atom. The quantitative estimate of drug-likeness (QED) is 0.572. The first kappa shape index (κ1) is 24.1. The van der Waals surface area contributed by atoms with Gasteiger partial charge in [-0.25, -0.2) is 4.39 Å². The summed E-state index contributed by atoms with van der Waals surface area (Å²) in [5.41, 5.74) is 1.42. The Bertz CT molecular complexity index is 938. The van der Waals surface area contributed by atoms with E-state index in [1.165, 1.54) is 12.3 Å². The molecule has 0 N–H and O–H groups in total. The summed E-state index contributed by atoms with van der Waals surface area (Å²) in [4.78, 5) is 22.3. The fourth-order valence-electron chi connectivity index (χ4n) is 5.07. The molecule has 33 heavy (non-hydrogen) atoms. The van der Waals surface area contributed by atoms with Crippen molar-refractivity contribution >= 4 is 17.5 Å². The van der Waals surface area contributed by atoms with Gasteiger partial charge in [-0.1, -0.05) is 37.6 Å². The van der Waals surface area contributed by atoms with E-state index in [1.807, 2.05) is 29.2 Å². The highest BCUT2D eigenvalue weighted by Crippen LogP contribution is 2.41. The number of carbonyl (C=O) groups is 1. The van der Waals surface area contributed by atoms with Crippen molar-refractivity contribution in [3.8, 4) is 0 Å². The van der Waals surface area contributed by atoms with Gasteiger partial charge in [0, 0.05) is 37.8 Å². The first-order valence-electron chi connectivity index (χ1n) is 11.8. The summed E-state index contributed by atoms with van der Waals surface area (Å²) in [7, 11) is 0. The zero-order chi connectivity index (χ0) is 23.4. The number of ether oxygens (including phenoxy) is 1. The first-order valence-corrected chi connectivity index (χ1v) is 12.2. The number of hydrogen-bond acceptors (Lipinski definition) is 4. The van der Waals surface area contributed by atoms with Crippen molar-refractivity contribution in [2.24, 2.45) is 11.3 Å². The minimum atomic E-state index is -0.468. The molecule has 3 heterocycles. The van der Waals surface area contributed by atoms with Crippen molar-refractivity contribution < 1.29 is 13.9 Å². The van der Waals surface area contributed by atoms with Crippen molar-refractivity contribution in [1.82, 2.24) is 14.8 Å². The number of halogens is 2. The molecule has 2 saturated heterocycles. The second-order valence-corrected chi connectivity index (χ2v) is 10.4. The highest BCUT2D eigenvalue weighted by atomic mass is 35.5. The van der Waals surface area contributed by atoms with E-state index in [0.29, 0.717) is 43.7 Å². The fourth-order valence-corrected chi connectivity index (χ4v) is 5.20. The Labute approximate surface area is 200 Å². The number of carbonyl (C=O) groups excluding carboxylic acids is 1. The van der Waals surface area contributed by atoms with Crippen LogP contribution in [0.25, 0.3) is 0 Å². The summed E-state index contributed by atoms with van der Waals surface area (Å²) in [6, 6.07) is 10.9. The molecule has 7 heteroatoms. The Hall–Kier alpha value is -2.02. The number of amides is 1. The lowest BCUT2D eigenvalue weighted by atomic mass is 9.72. The standard InChI is InChI=1S/C26H33ClFN3O2/c1-19(2)17-33-24-12-26(25(32)31(16-24)14-20-4-6-21(27)7-5-20)10-3-11-30(18-26)15-23-9-8-22(28)13-29-23/h4-9,13,19,24H,3,10-12,14-18H2,1-2H3/t24-,26+/m0/s1. The molecular formula is C26H33ClFN3O2. The highest BCUT2D eigenvalue weighted by molar-refractivity contribution is 6.30. The number of nitrogens with zero attached hydrogens (tertiary/aromatic N) is 3. The lowest BCUT2D eigenvalue weighted by Crippen LogP contribution is -2.59. The molecule has 1 spiro atoms. The molecule has 1 aromatic heterocycles. The largest absolute Gasteiger partial charge is 0.376 e. The van der Waals surface area contributed by atoms with Crippen LogP contribution in [0.2, 0.25) is 5.02 Å². The topological polar surface area (TPSA) is 45.7 Å². The van der Waals surface area contributed by atoms with Crippen LogP contribution in [0.1, 0.15) is 44.4 Å². The Balaban J connectivity index is 1.53. The van der Waals surface area contributed by atoms with Gasteiger partial charge in [-0.15, -0.1) is 0 Å². The number of benzene rings is 1. The van der Waals surface area contributed by atoms with Gasteiger partial charge in [0.05, 0.1) is 23.4 Å². The smallest absolute Gasteiger partial charge is 0.230 e. The Morgan fingerprint density at radius 1 is 1.21 bits per heavy atom. The maximum absolute atomic E-state index is 13.9. The van der Waals surface area contributed by atoms with Crippen LogP contribution in [-0.2, 0) is 22.6 Å². The molecule has 0 saturated carbocycles.